The molecule has 3 aliphatic rings. The van der Waals surface area contributed by atoms with Gasteiger partial charge >= 0.3 is 5.97 Å². The molecule has 2 amide bonds. The van der Waals surface area contributed by atoms with E-state index in [1.54, 1.807) is 24.3 Å². The Balaban J connectivity index is 1.04. The van der Waals surface area contributed by atoms with Gasteiger partial charge in [0.15, 0.2) is 11.6 Å². The molecule has 0 spiro atoms. The number of aliphatic carboxylic acids is 1. The molecule has 0 bridgehead atoms. The first-order valence-corrected chi connectivity index (χ1v) is 18.2. The van der Waals surface area contributed by atoms with Crippen LogP contribution in [0.4, 0.5) is 11.4 Å². The number of benzene rings is 2. The normalized spacial score (nSPS) is 19.3. The van der Waals surface area contributed by atoms with Crippen molar-refractivity contribution in [2.75, 3.05) is 37.3 Å². The summed E-state index contributed by atoms with van der Waals surface area (Å²) >= 11 is 13.8. The third kappa shape index (κ3) is 7.02. The number of hydrogen-bond donors (Lipinski definition) is 3. The zero-order chi connectivity index (χ0) is 36.0. The van der Waals surface area contributed by atoms with Gasteiger partial charge in [-0.1, -0.05) is 47.5 Å². The van der Waals surface area contributed by atoms with Gasteiger partial charge in [-0.15, -0.1) is 0 Å². The average Bonchev–Trinajstić information content (AvgIpc) is 3.62. The number of nitrogens with zero attached hydrogens (tertiary/aromatic N) is 6. The summed E-state index contributed by atoms with van der Waals surface area (Å²) in [6.07, 6.45) is 4.91. The molecular formula is C37H42Cl2N8O4. The molecule has 12 nitrogen and oxygen atoms in total. The van der Waals surface area contributed by atoms with Gasteiger partial charge < -0.3 is 29.8 Å². The van der Waals surface area contributed by atoms with E-state index in [1.807, 2.05) is 42.4 Å². The first-order valence-electron chi connectivity index (χ1n) is 17.4. The maximum atomic E-state index is 13.6. The minimum absolute atomic E-state index is 0.221. The van der Waals surface area contributed by atoms with Crippen molar-refractivity contribution in [3.63, 3.8) is 0 Å². The lowest BCUT2D eigenvalue weighted by Gasteiger charge is -2.33. The summed E-state index contributed by atoms with van der Waals surface area (Å²) in [5.41, 5.74) is 5.91. The quantitative estimate of drug-likeness (QED) is 0.205. The molecule has 0 atom stereocenters. The van der Waals surface area contributed by atoms with Gasteiger partial charge in [0.25, 0.3) is 11.8 Å². The fourth-order valence-corrected chi connectivity index (χ4v) is 8.34. The second-order valence-corrected chi connectivity index (χ2v) is 14.8. The molecule has 1 aliphatic carbocycles. The van der Waals surface area contributed by atoms with Crippen LogP contribution in [0.2, 0.25) is 10.0 Å². The van der Waals surface area contributed by atoms with Crippen LogP contribution in [0.5, 0.6) is 0 Å². The Bertz CT molecular complexity index is 2020. The summed E-state index contributed by atoms with van der Waals surface area (Å²) in [5, 5.41) is 15.8. The number of fused-ring (bicyclic) bond motifs is 2. The second kappa shape index (κ2) is 14.4. The smallest absolute Gasteiger partial charge is 0.306 e. The lowest BCUT2D eigenvalue weighted by atomic mass is 9.81. The fraction of sp³-hybridized carbons (Fsp3) is 0.432. The number of anilines is 2. The van der Waals surface area contributed by atoms with E-state index in [0.717, 1.165) is 80.9 Å². The van der Waals surface area contributed by atoms with E-state index in [-0.39, 0.29) is 17.7 Å². The number of amides is 2. The lowest BCUT2D eigenvalue weighted by Crippen LogP contribution is -2.36. The van der Waals surface area contributed by atoms with E-state index >= 15 is 0 Å². The molecule has 1 fully saturated rings. The van der Waals surface area contributed by atoms with Gasteiger partial charge in [-0.05, 0) is 50.8 Å². The van der Waals surface area contributed by atoms with Crippen molar-refractivity contribution in [2.45, 2.75) is 51.6 Å². The molecular weight excluding hydrogens is 691 g/mol. The Labute approximate surface area is 306 Å². The molecule has 0 saturated heterocycles. The third-order valence-corrected chi connectivity index (χ3v) is 11.5. The number of aromatic nitrogens is 4. The molecule has 14 heteroatoms. The predicted molar refractivity (Wildman–Crippen MR) is 196 cm³/mol. The van der Waals surface area contributed by atoms with Gasteiger partial charge in [0.2, 0.25) is 0 Å². The summed E-state index contributed by atoms with van der Waals surface area (Å²) in [7, 11) is 5.75. The maximum Gasteiger partial charge on any atom is 0.306 e. The number of likely N-dealkylation sites (N-methyl/N-ethyl adjacent to an activating group) is 1. The zero-order valence-electron chi connectivity index (χ0n) is 29.0. The molecule has 51 heavy (non-hydrogen) atoms. The van der Waals surface area contributed by atoms with E-state index in [1.165, 1.54) is 0 Å². The number of carboxylic acids is 1. The largest absolute Gasteiger partial charge is 0.481 e. The molecule has 0 radical (unpaired) electrons. The van der Waals surface area contributed by atoms with Gasteiger partial charge in [-0.25, -0.2) is 9.97 Å². The van der Waals surface area contributed by atoms with E-state index in [4.69, 9.17) is 28.2 Å². The Morgan fingerprint density at radius 2 is 1.27 bits per heavy atom. The van der Waals surface area contributed by atoms with Crippen molar-refractivity contribution >= 4 is 52.4 Å². The van der Waals surface area contributed by atoms with Gasteiger partial charge in [0.1, 0.15) is 0 Å². The van der Waals surface area contributed by atoms with Gasteiger partial charge in [0, 0.05) is 82.2 Å². The van der Waals surface area contributed by atoms with Crippen LogP contribution in [0, 0.1) is 11.8 Å². The van der Waals surface area contributed by atoms with Crippen LogP contribution in [0.15, 0.2) is 36.4 Å². The number of imidazole rings is 2. The number of carboxylic acid groups (broad SMARTS) is 1. The van der Waals surface area contributed by atoms with E-state index in [9.17, 15) is 19.5 Å². The van der Waals surface area contributed by atoms with Crippen LogP contribution >= 0.6 is 23.2 Å². The summed E-state index contributed by atoms with van der Waals surface area (Å²) < 4.78 is 3.71. The number of carbonyl (C=O) groups excluding carboxylic acids is 2. The SMILES string of the molecule is CN1CCc2c(nc(C(=O)Nc3cccc(-c4cccc(NC(=O)c5nc6c(n5C)CCN(C[C@H]5CC[C@@H](C(=O)O)CC5)C6)c4Cl)c3Cl)n2C)C1. The Hall–Kier alpha value is -4.23. The summed E-state index contributed by atoms with van der Waals surface area (Å²) in [6.45, 7) is 4.02. The molecule has 1 saturated carbocycles. The summed E-state index contributed by atoms with van der Waals surface area (Å²) in [5.74, 6) is -0.540. The Morgan fingerprint density at radius 3 is 1.80 bits per heavy atom. The van der Waals surface area contributed by atoms with Crippen LogP contribution in [0.1, 0.15) is 69.7 Å². The molecule has 4 heterocycles. The number of hydrogen-bond acceptors (Lipinski definition) is 7. The molecule has 4 aromatic rings. The van der Waals surface area contributed by atoms with Crippen LogP contribution in [-0.2, 0) is 44.8 Å². The molecule has 268 valence electrons. The zero-order valence-corrected chi connectivity index (χ0v) is 30.5. The monoisotopic (exact) mass is 732 g/mol. The number of nitrogens with one attached hydrogen (secondary N) is 2. The van der Waals surface area contributed by atoms with Crippen molar-refractivity contribution in [1.82, 2.24) is 28.9 Å². The van der Waals surface area contributed by atoms with Crippen LogP contribution in [0.3, 0.4) is 0 Å². The minimum Gasteiger partial charge on any atom is -0.481 e. The van der Waals surface area contributed by atoms with Crippen LogP contribution in [0.25, 0.3) is 11.1 Å². The first kappa shape index (κ1) is 35.2. The minimum atomic E-state index is -0.685. The van der Waals surface area contributed by atoms with Crippen molar-refractivity contribution in [1.29, 1.82) is 0 Å². The van der Waals surface area contributed by atoms with Crippen LogP contribution in [-0.4, -0.2) is 78.5 Å². The highest BCUT2D eigenvalue weighted by atomic mass is 35.5. The lowest BCUT2D eigenvalue weighted by molar-refractivity contribution is -0.143. The van der Waals surface area contributed by atoms with Crippen molar-refractivity contribution < 1.29 is 19.5 Å². The van der Waals surface area contributed by atoms with Gasteiger partial charge in [-0.2, -0.15) is 0 Å². The highest BCUT2D eigenvalue weighted by Crippen LogP contribution is 2.40. The van der Waals surface area contributed by atoms with E-state index in [0.29, 0.717) is 63.2 Å². The number of halogens is 2. The van der Waals surface area contributed by atoms with Crippen molar-refractivity contribution in [3.05, 3.63) is 80.9 Å². The van der Waals surface area contributed by atoms with E-state index in [2.05, 4.69) is 25.4 Å². The second-order valence-electron chi connectivity index (χ2n) is 14.0. The molecule has 3 N–H and O–H groups in total. The molecule has 2 aromatic heterocycles. The maximum absolute atomic E-state index is 13.6. The summed E-state index contributed by atoms with van der Waals surface area (Å²) in [6, 6.07) is 10.7. The standard InChI is InChI=1S/C37H42Cl2N8O4/c1-44-16-14-29-27(19-44)40-33(45(29)2)35(48)42-25-8-4-6-23(31(25)38)24-7-5-9-26(32(24)39)43-36(49)34-41-28-20-47(17-15-30(28)46(34)3)18-21-10-12-22(13-11-21)37(50)51/h4-9,21-22H,10-20H2,1-3H3,(H,42,48)(H,43,49)(H,50,51)/t21-,22+. The highest BCUT2D eigenvalue weighted by molar-refractivity contribution is 6.40. The summed E-state index contributed by atoms with van der Waals surface area (Å²) in [4.78, 5) is 52.3. The third-order valence-electron chi connectivity index (χ3n) is 10.7. The Morgan fingerprint density at radius 1 is 0.765 bits per heavy atom. The van der Waals surface area contributed by atoms with Gasteiger partial charge in [0.05, 0.1) is 38.7 Å². The molecule has 2 aromatic carbocycles. The van der Waals surface area contributed by atoms with Gasteiger partial charge in [-0.3, -0.25) is 19.3 Å². The van der Waals surface area contributed by atoms with E-state index < -0.39 is 5.97 Å². The average molecular weight is 734 g/mol. The molecule has 2 aliphatic heterocycles. The molecule has 0 unspecified atom stereocenters. The first-order chi connectivity index (χ1) is 24.5. The predicted octanol–water partition coefficient (Wildman–Crippen LogP) is 5.87. The fourth-order valence-electron chi connectivity index (χ4n) is 7.79. The number of rotatable bonds is 8. The Kier molecular flexibility index (Phi) is 9.95. The van der Waals surface area contributed by atoms with Crippen molar-refractivity contribution in [3.8, 4) is 11.1 Å². The highest BCUT2D eigenvalue weighted by Gasteiger charge is 2.31. The molecule has 7 rings (SSSR count). The number of carbonyl (C=O) groups is 3. The van der Waals surface area contributed by atoms with Crippen molar-refractivity contribution in [2.24, 2.45) is 25.9 Å². The topological polar surface area (TPSA) is 138 Å². The van der Waals surface area contributed by atoms with Crippen LogP contribution < -0.4 is 10.6 Å².